The molecule has 0 aliphatic carbocycles. The Morgan fingerprint density at radius 1 is 1.07 bits per heavy atom. The third kappa shape index (κ3) is 4.09. The number of nitrogens with zero attached hydrogens (tertiary/aromatic N) is 1. The fourth-order valence-corrected chi connectivity index (χ4v) is 3.77. The van der Waals surface area contributed by atoms with Crippen molar-refractivity contribution in [1.29, 1.82) is 0 Å². The van der Waals surface area contributed by atoms with E-state index >= 15 is 0 Å². The minimum Gasteiger partial charge on any atom is -0.543 e. The van der Waals surface area contributed by atoms with Gasteiger partial charge >= 0.3 is 0 Å². The summed E-state index contributed by atoms with van der Waals surface area (Å²) in [5, 5.41) is 4.10. The predicted octanol–water partition coefficient (Wildman–Crippen LogP) is 6.18. The molecule has 1 heterocycles. The second kappa shape index (κ2) is 7.39. The molecule has 1 aromatic heterocycles. The highest BCUT2D eigenvalue weighted by atomic mass is 28.4. The van der Waals surface area contributed by atoms with E-state index in [9.17, 15) is 4.79 Å². The Morgan fingerprint density at radius 3 is 2.50 bits per heavy atom. The van der Waals surface area contributed by atoms with E-state index in [1.165, 1.54) is 0 Å². The molecule has 5 heteroatoms. The fourth-order valence-electron chi connectivity index (χ4n) is 2.75. The first kappa shape index (κ1) is 20.1. The Balaban J connectivity index is 1.90. The van der Waals surface area contributed by atoms with Crippen molar-refractivity contribution < 1.29 is 9.22 Å². The molecule has 1 amide bonds. The molecule has 0 saturated carbocycles. The topological polar surface area (TPSA) is 51.2 Å². The molecule has 1 N–H and O–H groups in total. The number of aromatic nitrogens is 1. The molecule has 0 saturated heterocycles. The number of amides is 1. The maximum absolute atomic E-state index is 13.0. The Hall–Kier alpha value is -2.66. The molecule has 2 aromatic carbocycles. The number of fused-ring (bicyclic) bond motifs is 1. The van der Waals surface area contributed by atoms with Crippen LogP contribution in [-0.2, 0) is 0 Å². The Kier molecular flexibility index (Phi) is 5.30. The lowest BCUT2D eigenvalue weighted by atomic mass is 10.1. The van der Waals surface area contributed by atoms with Crippen LogP contribution in [0.3, 0.4) is 0 Å². The minimum atomic E-state index is -1.97. The first-order chi connectivity index (χ1) is 13.1. The van der Waals surface area contributed by atoms with Gasteiger partial charge in [0.15, 0.2) is 0 Å². The molecular weight excluding hydrogens is 364 g/mol. The molecule has 0 aliphatic rings. The average molecular weight is 393 g/mol. The van der Waals surface area contributed by atoms with E-state index in [0.29, 0.717) is 11.3 Å². The van der Waals surface area contributed by atoms with E-state index in [0.717, 1.165) is 22.2 Å². The van der Waals surface area contributed by atoms with E-state index in [1.54, 1.807) is 6.20 Å². The molecule has 146 valence electrons. The van der Waals surface area contributed by atoms with Crippen molar-refractivity contribution in [3.8, 4) is 5.75 Å². The molecule has 3 aromatic rings. The van der Waals surface area contributed by atoms with Gasteiger partial charge in [0.1, 0.15) is 5.75 Å². The lowest BCUT2D eigenvalue weighted by Gasteiger charge is -2.36. The van der Waals surface area contributed by atoms with Crippen LogP contribution >= 0.6 is 0 Å². The number of carbonyl (C=O) groups excluding carboxylic acids is 1. The summed E-state index contributed by atoms with van der Waals surface area (Å²) >= 11 is 0. The molecule has 4 nitrogen and oxygen atoms in total. The third-order valence-corrected chi connectivity index (χ3v) is 9.87. The Morgan fingerprint density at radius 2 is 1.79 bits per heavy atom. The Labute approximate surface area is 168 Å². The lowest BCUT2D eigenvalue weighted by molar-refractivity contribution is 0.102. The van der Waals surface area contributed by atoms with Crippen LogP contribution in [0, 0.1) is 6.92 Å². The largest absolute Gasteiger partial charge is 0.543 e. The number of aryl methyl sites for hydroxylation is 1. The number of para-hydroxylation sites is 1. The van der Waals surface area contributed by atoms with Crippen molar-refractivity contribution in [2.45, 2.75) is 45.8 Å². The fraction of sp³-hybridized carbons (Fsp3) is 0.304. The highest BCUT2D eigenvalue weighted by molar-refractivity contribution is 6.74. The van der Waals surface area contributed by atoms with E-state index in [-0.39, 0.29) is 10.9 Å². The maximum Gasteiger partial charge on any atom is 0.256 e. The maximum atomic E-state index is 13.0. The highest BCUT2D eigenvalue weighted by Gasteiger charge is 2.39. The van der Waals surface area contributed by atoms with Crippen LogP contribution < -0.4 is 9.74 Å². The van der Waals surface area contributed by atoms with Crippen LogP contribution in [0.4, 0.5) is 5.69 Å². The van der Waals surface area contributed by atoms with Gasteiger partial charge in [-0.3, -0.25) is 9.78 Å². The zero-order chi connectivity index (χ0) is 20.5. The summed E-state index contributed by atoms with van der Waals surface area (Å²) in [6.07, 6.45) is 1.73. The van der Waals surface area contributed by atoms with E-state index in [1.807, 2.05) is 55.5 Å². The number of hydrogen-bond donors (Lipinski definition) is 1. The molecule has 0 bridgehead atoms. The van der Waals surface area contributed by atoms with Crippen molar-refractivity contribution >= 4 is 30.8 Å². The molecule has 0 unspecified atom stereocenters. The molecule has 0 radical (unpaired) electrons. The number of carbonyl (C=O) groups is 1. The lowest BCUT2D eigenvalue weighted by Crippen LogP contribution is -2.43. The van der Waals surface area contributed by atoms with Gasteiger partial charge in [0.25, 0.3) is 5.91 Å². The van der Waals surface area contributed by atoms with Crippen LogP contribution in [0.15, 0.2) is 54.7 Å². The van der Waals surface area contributed by atoms with E-state index in [2.05, 4.69) is 44.2 Å². The molecular formula is C23H28N2O2Si. The van der Waals surface area contributed by atoms with Crippen LogP contribution in [-0.4, -0.2) is 19.2 Å². The summed E-state index contributed by atoms with van der Waals surface area (Å²) in [4.78, 5) is 17.4. The second-order valence-corrected chi connectivity index (χ2v) is 13.4. The normalized spacial score (nSPS) is 12.1. The summed E-state index contributed by atoms with van der Waals surface area (Å²) in [6, 6.07) is 15.4. The average Bonchev–Trinajstić information content (AvgIpc) is 2.62. The predicted molar refractivity (Wildman–Crippen MR) is 119 cm³/mol. The highest BCUT2D eigenvalue weighted by Crippen LogP contribution is 2.37. The van der Waals surface area contributed by atoms with Gasteiger partial charge < -0.3 is 9.74 Å². The minimum absolute atomic E-state index is 0.0922. The van der Waals surface area contributed by atoms with Crippen LogP contribution in [0.2, 0.25) is 18.1 Å². The first-order valence-corrected chi connectivity index (χ1v) is 12.4. The molecule has 0 fully saturated rings. The third-order valence-electron chi connectivity index (χ3n) is 5.51. The second-order valence-electron chi connectivity index (χ2n) is 8.67. The summed E-state index contributed by atoms with van der Waals surface area (Å²) in [5.41, 5.74) is 3.01. The number of anilines is 1. The molecule has 3 rings (SSSR count). The van der Waals surface area contributed by atoms with Gasteiger partial charge in [-0.1, -0.05) is 45.0 Å². The van der Waals surface area contributed by atoms with Gasteiger partial charge in [-0.2, -0.15) is 0 Å². The molecule has 28 heavy (non-hydrogen) atoms. The number of benzene rings is 2. The molecule has 0 atom stereocenters. The SMILES string of the molecule is Cc1ccc(O[Si](C)(C)C(C)(C)C)cc1C(=O)Nc1cccc2cccnc12. The number of nitrogens with one attached hydrogen (secondary N) is 1. The van der Waals surface area contributed by atoms with Crippen LogP contribution in [0.5, 0.6) is 5.75 Å². The quantitative estimate of drug-likeness (QED) is 0.539. The Bertz CT molecular complexity index is 1020. The summed E-state index contributed by atoms with van der Waals surface area (Å²) in [7, 11) is -1.97. The molecule has 0 aliphatic heterocycles. The smallest absolute Gasteiger partial charge is 0.256 e. The number of pyridine rings is 1. The number of hydrogen-bond acceptors (Lipinski definition) is 3. The summed E-state index contributed by atoms with van der Waals surface area (Å²) < 4.78 is 6.38. The summed E-state index contributed by atoms with van der Waals surface area (Å²) in [5.74, 6) is 0.592. The van der Waals surface area contributed by atoms with E-state index in [4.69, 9.17) is 4.43 Å². The zero-order valence-corrected chi connectivity index (χ0v) is 18.5. The van der Waals surface area contributed by atoms with Gasteiger partial charge in [0, 0.05) is 17.1 Å². The van der Waals surface area contributed by atoms with Crippen molar-refractivity contribution in [3.63, 3.8) is 0 Å². The standard InChI is InChI=1S/C23H28N2O2Si/c1-16-12-13-18(27-28(5,6)23(2,3)4)15-19(16)22(26)25-20-11-7-9-17-10-8-14-24-21(17)20/h7-15H,1-6H3,(H,25,26). The van der Waals surface area contributed by atoms with Crippen LogP contribution in [0.25, 0.3) is 10.9 Å². The summed E-state index contributed by atoms with van der Waals surface area (Å²) in [6.45, 7) is 13.0. The van der Waals surface area contributed by atoms with Crippen molar-refractivity contribution in [1.82, 2.24) is 4.98 Å². The van der Waals surface area contributed by atoms with Gasteiger partial charge in [0.05, 0.1) is 11.2 Å². The van der Waals surface area contributed by atoms with Gasteiger partial charge in [-0.15, -0.1) is 0 Å². The first-order valence-electron chi connectivity index (χ1n) is 9.53. The van der Waals surface area contributed by atoms with Crippen molar-refractivity contribution in [2.75, 3.05) is 5.32 Å². The molecule has 0 spiro atoms. The zero-order valence-electron chi connectivity index (χ0n) is 17.5. The van der Waals surface area contributed by atoms with E-state index < -0.39 is 8.32 Å². The van der Waals surface area contributed by atoms with Crippen molar-refractivity contribution in [2.24, 2.45) is 0 Å². The van der Waals surface area contributed by atoms with Crippen molar-refractivity contribution in [3.05, 3.63) is 65.9 Å². The van der Waals surface area contributed by atoms with Gasteiger partial charge in [-0.25, -0.2) is 0 Å². The van der Waals surface area contributed by atoms with Gasteiger partial charge in [0.2, 0.25) is 8.32 Å². The number of rotatable bonds is 4. The monoisotopic (exact) mass is 392 g/mol. The van der Waals surface area contributed by atoms with Gasteiger partial charge in [-0.05, 0) is 54.9 Å². The van der Waals surface area contributed by atoms with Crippen LogP contribution in [0.1, 0.15) is 36.7 Å².